The van der Waals surface area contributed by atoms with Crippen molar-refractivity contribution in [1.82, 2.24) is 19.7 Å². The Morgan fingerprint density at radius 2 is 2.00 bits per heavy atom. The van der Waals surface area contributed by atoms with Crippen LogP contribution in [0, 0.1) is 11.3 Å². The number of nitrogens with two attached hydrogens (primary N) is 1. The Labute approximate surface area is 162 Å². The van der Waals surface area contributed by atoms with Crippen molar-refractivity contribution in [2.75, 3.05) is 25.5 Å². The fraction of sp³-hybridized carbons (Fsp3) is 0.263. The number of aromatic nitrogens is 4. The van der Waals surface area contributed by atoms with Gasteiger partial charge in [-0.2, -0.15) is 10.4 Å². The first-order valence-corrected chi connectivity index (χ1v) is 8.52. The largest absolute Gasteiger partial charge is 0.438 e. The van der Waals surface area contributed by atoms with Gasteiger partial charge in [-0.15, -0.1) is 0 Å². The van der Waals surface area contributed by atoms with Gasteiger partial charge in [-0.1, -0.05) is 0 Å². The second-order valence-electron chi connectivity index (χ2n) is 6.33. The predicted octanol–water partition coefficient (Wildman–Crippen LogP) is 2.58. The first kappa shape index (κ1) is 19.3. The smallest absolute Gasteiger partial charge is 0.219 e. The fourth-order valence-corrected chi connectivity index (χ4v) is 2.50. The number of rotatable bonds is 6. The van der Waals surface area contributed by atoms with Gasteiger partial charge in [0, 0.05) is 51.7 Å². The normalized spacial score (nSPS) is 11.7. The van der Waals surface area contributed by atoms with Crippen LogP contribution in [-0.4, -0.2) is 40.4 Å². The highest BCUT2D eigenvalue weighted by molar-refractivity contribution is 5.66. The van der Waals surface area contributed by atoms with Gasteiger partial charge in [-0.3, -0.25) is 0 Å². The molecule has 2 aromatic heterocycles. The first-order valence-electron chi connectivity index (χ1n) is 8.52. The number of alkyl halides is 1. The van der Waals surface area contributed by atoms with Crippen LogP contribution < -0.4 is 15.4 Å². The lowest BCUT2D eigenvalue weighted by atomic mass is 10.1. The quantitative estimate of drug-likeness (QED) is 0.699. The zero-order valence-electron chi connectivity index (χ0n) is 15.8. The fourth-order valence-electron chi connectivity index (χ4n) is 2.50. The molecule has 1 aromatic carbocycles. The van der Waals surface area contributed by atoms with Crippen LogP contribution in [0.5, 0.6) is 11.6 Å². The molecule has 0 bridgehead atoms. The molecule has 8 nitrogen and oxygen atoms in total. The highest BCUT2D eigenvalue weighted by Gasteiger charge is 2.16. The van der Waals surface area contributed by atoms with E-state index in [1.807, 2.05) is 19.0 Å². The summed E-state index contributed by atoms with van der Waals surface area (Å²) >= 11 is 0. The number of anilines is 1. The van der Waals surface area contributed by atoms with Crippen molar-refractivity contribution in [3.63, 3.8) is 0 Å². The molecule has 28 heavy (non-hydrogen) atoms. The summed E-state index contributed by atoms with van der Waals surface area (Å²) in [5.74, 6) is 1.97. The Bertz CT molecular complexity index is 1010. The van der Waals surface area contributed by atoms with Gasteiger partial charge in [0.1, 0.15) is 11.9 Å². The molecule has 0 aliphatic carbocycles. The van der Waals surface area contributed by atoms with E-state index in [9.17, 15) is 9.65 Å². The summed E-state index contributed by atoms with van der Waals surface area (Å²) in [6, 6.07) is 8.81. The molecule has 0 saturated heterocycles. The average Bonchev–Trinajstić information content (AvgIpc) is 3.08. The molecule has 2 heterocycles. The molecule has 9 heteroatoms. The van der Waals surface area contributed by atoms with Crippen molar-refractivity contribution in [1.29, 1.82) is 5.26 Å². The zero-order valence-corrected chi connectivity index (χ0v) is 15.8. The molecule has 0 saturated carbocycles. The van der Waals surface area contributed by atoms with E-state index in [0.717, 1.165) is 5.82 Å². The van der Waals surface area contributed by atoms with Crippen molar-refractivity contribution in [3.8, 4) is 29.1 Å². The maximum absolute atomic E-state index is 13.7. The van der Waals surface area contributed by atoms with Crippen LogP contribution >= 0.6 is 0 Å². The van der Waals surface area contributed by atoms with Crippen LogP contribution in [0.15, 0.2) is 36.7 Å². The summed E-state index contributed by atoms with van der Waals surface area (Å²) in [6.07, 6.45) is 1.48. The lowest BCUT2D eigenvalue weighted by Gasteiger charge is -2.11. The molecule has 0 aliphatic rings. The summed E-state index contributed by atoms with van der Waals surface area (Å²) in [7, 11) is 5.51. The maximum Gasteiger partial charge on any atom is 0.219 e. The number of nitrogens with zero attached hydrogens (tertiary/aromatic N) is 6. The third-order valence-electron chi connectivity index (χ3n) is 4.09. The molecule has 0 radical (unpaired) electrons. The molecule has 3 rings (SSSR count). The molecule has 0 spiro atoms. The number of nitriles is 1. The first-order chi connectivity index (χ1) is 13.4. The van der Waals surface area contributed by atoms with Crippen molar-refractivity contribution in [2.45, 2.75) is 6.17 Å². The van der Waals surface area contributed by atoms with Crippen LogP contribution in [0.4, 0.5) is 10.2 Å². The SMILES string of the molecule is CN(C)c1cc(Oc2cc(C#N)ccc2-c2ncc(C(F)CN)cn2)n(C)n1. The van der Waals surface area contributed by atoms with E-state index in [4.69, 9.17) is 10.5 Å². The monoisotopic (exact) mass is 381 g/mol. The van der Waals surface area contributed by atoms with E-state index < -0.39 is 6.17 Å². The zero-order chi connectivity index (χ0) is 20.3. The van der Waals surface area contributed by atoms with Crippen molar-refractivity contribution in [2.24, 2.45) is 12.8 Å². The molecular weight excluding hydrogens is 361 g/mol. The molecule has 0 aliphatic heterocycles. The molecule has 3 aromatic rings. The van der Waals surface area contributed by atoms with Gasteiger partial charge < -0.3 is 15.4 Å². The summed E-state index contributed by atoms with van der Waals surface area (Å²) in [5.41, 5.74) is 6.65. The maximum atomic E-state index is 13.7. The second kappa shape index (κ2) is 8.02. The van der Waals surface area contributed by atoms with Gasteiger partial charge >= 0.3 is 0 Å². The Hall–Kier alpha value is -3.51. The predicted molar refractivity (Wildman–Crippen MR) is 103 cm³/mol. The van der Waals surface area contributed by atoms with Gasteiger partial charge in [0.15, 0.2) is 11.6 Å². The van der Waals surface area contributed by atoms with Gasteiger partial charge in [0.2, 0.25) is 5.88 Å². The van der Waals surface area contributed by atoms with Crippen molar-refractivity contribution >= 4 is 5.82 Å². The Morgan fingerprint density at radius 3 is 2.57 bits per heavy atom. The molecular formula is C19H20FN7O. The van der Waals surface area contributed by atoms with E-state index in [-0.39, 0.29) is 6.54 Å². The minimum Gasteiger partial charge on any atom is -0.438 e. The topological polar surface area (TPSA) is 106 Å². The molecule has 144 valence electrons. The van der Waals surface area contributed by atoms with Gasteiger partial charge in [0.05, 0.1) is 17.2 Å². The van der Waals surface area contributed by atoms with Gasteiger partial charge in [-0.05, 0) is 18.2 Å². The third kappa shape index (κ3) is 3.92. The van der Waals surface area contributed by atoms with E-state index in [1.54, 1.807) is 36.0 Å². The number of hydrogen-bond donors (Lipinski definition) is 1. The lowest BCUT2D eigenvalue weighted by molar-refractivity contribution is 0.351. The Balaban J connectivity index is 2.00. The van der Waals surface area contributed by atoms with Gasteiger partial charge in [0.25, 0.3) is 0 Å². The van der Waals surface area contributed by atoms with Crippen LogP contribution in [0.3, 0.4) is 0 Å². The van der Waals surface area contributed by atoms with E-state index >= 15 is 0 Å². The van der Waals surface area contributed by atoms with Crippen LogP contribution in [0.2, 0.25) is 0 Å². The minimum absolute atomic E-state index is 0.136. The molecule has 2 N–H and O–H groups in total. The molecule has 0 amide bonds. The average molecular weight is 381 g/mol. The van der Waals surface area contributed by atoms with E-state index in [0.29, 0.717) is 34.1 Å². The summed E-state index contributed by atoms with van der Waals surface area (Å²) in [5, 5.41) is 13.6. The van der Waals surface area contributed by atoms with Crippen LogP contribution in [0.25, 0.3) is 11.4 Å². The molecule has 0 fully saturated rings. The lowest BCUT2D eigenvalue weighted by Crippen LogP contribution is -2.09. The summed E-state index contributed by atoms with van der Waals surface area (Å²) < 4.78 is 21.3. The number of halogens is 1. The standard InChI is InChI=1S/C19H20FN7O/c1-26(2)17-7-18(27(3)25-17)28-16-6-12(8-21)4-5-14(16)19-23-10-13(11-24-19)15(20)9-22/h4-7,10-11,15H,9,22H2,1-3H3. The number of benzene rings is 1. The van der Waals surface area contributed by atoms with Crippen molar-refractivity contribution in [3.05, 3.63) is 47.8 Å². The highest BCUT2D eigenvalue weighted by atomic mass is 19.1. The number of hydrogen-bond acceptors (Lipinski definition) is 7. The van der Waals surface area contributed by atoms with E-state index in [1.165, 1.54) is 12.4 Å². The Kier molecular flexibility index (Phi) is 5.52. The minimum atomic E-state index is -1.32. The number of ether oxygens (including phenoxy) is 1. The number of aryl methyl sites for hydroxylation is 1. The van der Waals surface area contributed by atoms with Crippen LogP contribution in [-0.2, 0) is 7.05 Å². The molecule has 1 unspecified atom stereocenters. The van der Waals surface area contributed by atoms with E-state index in [2.05, 4.69) is 21.1 Å². The second-order valence-corrected chi connectivity index (χ2v) is 6.33. The van der Waals surface area contributed by atoms with Crippen molar-refractivity contribution < 1.29 is 9.13 Å². The molecule has 1 atom stereocenters. The van der Waals surface area contributed by atoms with Crippen LogP contribution in [0.1, 0.15) is 17.3 Å². The van der Waals surface area contributed by atoms with Gasteiger partial charge in [-0.25, -0.2) is 19.0 Å². The third-order valence-corrected chi connectivity index (χ3v) is 4.09. The Morgan fingerprint density at radius 1 is 1.29 bits per heavy atom. The summed E-state index contributed by atoms with van der Waals surface area (Å²) in [6.45, 7) is -0.136. The summed E-state index contributed by atoms with van der Waals surface area (Å²) in [4.78, 5) is 10.3. The highest BCUT2D eigenvalue weighted by Crippen LogP contribution is 2.33.